The van der Waals surface area contributed by atoms with E-state index in [4.69, 9.17) is 8.92 Å². The summed E-state index contributed by atoms with van der Waals surface area (Å²) < 4.78 is 35.9. The van der Waals surface area contributed by atoms with Crippen LogP contribution in [0.3, 0.4) is 0 Å². The minimum atomic E-state index is -3.70. The van der Waals surface area contributed by atoms with Crippen LogP contribution in [0.4, 0.5) is 0 Å². The largest absolute Gasteiger partial charge is 0.372 e. The molecule has 0 aliphatic heterocycles. The van der Waals surface area contributed by atoms with Gasteiger partial charge >= 0.3 is 0 Å². The zero-order chi connectivity index (χ0) is 22.8. The van der Waals surface area contributed by atoms with Gasteiger partial charge in [-0.3, -0.25) is 4.18 Å². The molecule has 0 aromatic heterocycles. The van der Waals surface area contributed by atoms with Crippen molar-refractivity contribution in [3.63, 3.8) is 0 Å². The van der Waals surface area contributed by atoms with E-state index in [0.29, 0.717) is 13.0 Å². The Morgan fingerprint density at radius 1 is 0.750 bits per heavy atom. The molecule has 0 spiro atoms. The van der Waals surface area contributed by atoms with Crippen molar-refractivity contribution in [1.29, 1.82) is 0 Å². The molecule has 3 aromatic carbocycles. The molecule has 0 saturated carbocycles. The van der Waals surface area contributed by atoms with Gasteiger partial charge in [0.15, 0.2) is 0 Å². The first kappa shape index (κ1) is 24.6. The van der Waals surface area contributed by atoms with Crippen LogP contribution < -0.4 is 0 Å². The number of unbranched alkanes of at least 4 members (excludes halogenated alkanes) is 2. The Hall–Kier alpha value is -1.99. The number of ether oxygens (including phenoxy) is 1. The maximum atomic E-state index is 12.2. The van der Waals surface area contributed by atoms with Gasteiger partial charge in [0, 0.05) is 6.61 Å². The van der Waals surface area contributed by atoms with E-state index in [9.17, 15) is 8.42 Å². The fraction of sp³-hybridized carbons (Fsp3) is 0.308. The molecule has 0 bridgehead atoms. The highest BCUT2D eigenvalue weighted by Gasteiger charge is 2.23. The first-order valence-electron chi connectivity index (χ1n) is 10.8. The molecule has 0 unspecified atom stereocenters. The predicted octanol–water partition coefficient (Wildman–Crippen LogP) is 6.76. The number of alkyl halides is 1. The van der Waals surface area contributed by atoms with E-state index in [2.05, 4.69) is 40.2 Å². The SMILES string of the molecule is Cc1ccc(S(=O)(=O)OCCCCCO[C@H](c2ccccc2)[C@@H](Br)c2ccccc2)cc1. The summed E-state index contributed by atoms with van der Waals surface area (Å²) in [4.78, 5) is 0.232. The molecule has 3 rings (SSSR count). The van der Waals surface area contributed by atoms with Crippen LogP contribution in [-0.2, 0) is 19.0 Å². The van der Waals surface area contributed by atoms with Crippen LogP contribution in [0, 0.1) is 6.92 Å². The van der Waals surface area contributed by atoms with E-state index in [0.717, 1.165) is 29.5 Å². The number of hydrogen-bond acceptors (Lipinski definition) is 4. The molecular weight excluding hydrogens is 488 g/mol. The lowest BCUT2D eigenvalue weighted by atomic mass is 10.0. The molecule has 0 aliphatic carbocycles. The third-order valence-corrected chi connectivity index (χ3v) is 7.48. The molecule has 0 amide bonds. The van der Waals surface area contributed by atoms with Crippen LogP contribution >= 0.6 is 15.9 Å². The van der Waals surface area contributed by atoms with Crippen LogP contribution in [0.2, 0.25) is 0 Å². The van der Waals surface area contributed by atoms with Crippen molar-refractivity contribution >= 4 is 26.0 Å². The van der Waals surface area contributed by atoms with E-state index in [1.807, 2.05) is 43.3 Å². The normalized spacial score (nSPS) is 13.6. The van der Waals surface area contributed by atoms with Crippen LogP contribution in [0.5, 0.6) is 0 Å². The lowest BCUT2D eigenvalue weighted by Gasteiger charge is -2.24. The Bertz CT molecular complexity index is 1040. The van der Waals surface area contributed by atoms with Gasteiger partial charge in [-0.1, -0.05) is 94.3 Å². The first-order chi connectivity index (χ1) is 15.5. The number of benzene rings is 3. The topological polar surface area (TPSA) is 52.6 Å². The third kappa shape index (κ3) is 7.27. The second-order valence-corrected chi connectivity index (χ2v) is 10.3. The summed E-state index contributed by atoms with van der Waals surface area (Å²) in [5, 5.41) is 0. The first-order valence-corrected chi connectivity index (χ1v) is 13.1. The molecule has 32 heavy (non-hydrogen) atoms. The van der Waals surface area contributed by atoms with Gasteiger partial charge in [-0.2, -0.15) is 8.42 Å². The van der Waals surface area contributed by atoms with Gasteiger partial charge in [0.2, 0.25) is 0 Å². The third-order valence-electron chi connectivity index (χ3n) is 5.15. The minimum absolute atomic E-state index is 0.0362. The second kappa shape index (κ2) is 12.3. The maximum absolute atomic E-state index is 12.2. The summed E-state index contributed by atoms with van der Waals surface area (Å²) in [5.41, 5.74) is 3.29. The van der Waals surface area contributed by atoms with Crippen molar-refractivity contribution in [2.45, 2.75) is 42.0 Å². The number of hydrogen-bond donors (Lipinski definition) is 0. The van der Waals surface area contributed by atoms with Crippen LogP contribution in [0.1, 0.15) is 46.9 Å². The Balaban J connectivity index is 1.45. The number of halogens is 1. The highest BCUT2D eigenvalue weighted by atomic mass is 79.9. The maximum Gasteiger partial charge on any atom is 0.296 e. The molecule has 4 nitrogen and oxygen atoms in total. The Kier molecular flexibility index (Phi) is 9.48. The summed E-state index contributed by atoms with van der Waals surface area (Å²) in [6.45, 7) is 2.67. The average Bonchev–Trinajstić information content (AvgIpc) is 2.82. The van der Waals surface area contributed by atoms with Gasteiger partial charge < -0.3 is 4.74 Å². The summed E-state index contributed by atoms with van der Waals surface area (Å²) in [5.74, 6) is 0. The lowest BCUT2D eigenvalue weighted by Crippen LogP contribution is -2.12. The van der Waals surface area contributed by atoms with Crippen molar-refractivity contribution in [3.05, 3.63) is 102 Å². The fourth-order valence-electron chi connectivity index (χ4n) is 3.34. The van der Waals surface area contributed by atoms with E-state index in [1.165, 1.54) is 0 Å². The van der Waals surface area contributed by atoms with Crippen molar-refractivity contribution < 1.29 is 17.3 Å². The van der Waals surface area contributed by atoms with Gasteiger partial charge in [-0.25, -0.2) is 0 Å². The average molecular weight is 517 g/mol. The molecule has 6 heteroatoms. The van der Waals surface area contributed by atoms with Gasteiger partial charge in [0.05, 0.1) is 22.4 Å². The zero-order valence-electron chi connectivity index (χ0n) is 18.2. The summed E-state index contributed by atoms with van der Waals surface area (Å²) >= 11 is 3.82. The zero-order valence-corrected chi connectivity index (χ0v) is 20.6. The molecule has 0 N–H and O–H groups in total. The van der Waals surface area contributed by atoms with Crippen molar-refractivity contribution in [2.75, 3.05) is 13.2 Å². The minimum Gasteiger partial charge on any atom is -0.372 e. The smallest absolute Gasteiger partial charge is 0.296 e. The quantitative estimate of drug-likeness (QED) is 0.151. The van der Waals surface area contributed by atoms with E-state index in [-0.39, 0.29) is 22.4 Å². The van der Waals surface area contributed by atoms with E-state index in [1.54, 1.807) is 24.3 Å². The molecule has 2 atom stereocenters. The standard InChI is InChI=1S/C26H29BrO4S/c1-21-15-17-24(18-16-21)32(28,29)31-20-10-4-9-19-30-26(23-13-7-3-8-14-23)25(27)22-11-5-2-6-12-22/h2-3,5-8,11-18,25-26H,4,9-10,19-20H2,1H3/t25-,26+/m0/s1. The van der Waals surface area contributed by atoms with Crippen LogP contribution in [-0.4, -0.2) is 21.6 Å². The lowest BCUT2D eigenvalue weighted by molar-refractivity contribution is 0.0489. The van der Waals surface area contributed by atoms with Gasteiger partial charge in [-0.15, -0.1) is 0 Å². The van der Waals surface area contributed by atoms with Gasteiger partial charge in [-0.05, 0) is 49.4 Å². The Morgan fingerprint density at radius 3 is 1.94 bits per heavy atom. The van der Waals surface area contributed by atoms with Crippen molar-refractivity contribution in [1.82, 2.24) is 0 Å². The number of aryl methyl sites for hydroxylation is 1. The molecule has 0 heterocycles. The van der Waals surface area contributed by atoms with Gasteiger partial charge in [0.1, 0.15) is 0 Å². The second-order valence-electron chi connectivity index (χ2n) is 7.66. The number of rotatable bonds is 12. The van der Waals surface area contributed by atoms with E-state index < -0.39 is 10.1 Å². The van der Waals surface area contributed by atoms with Crippen LogP contribution in [0.25, 0.3) is 0 Å². The summed E-state index contributed by atoms with van der Waals surface area (Å²) in [7, 11) is -3.70. The monoisotopic (exact) mass is 516 g/mol. The highest BCUT2D eigenvalue weighted by molar-refractivity contribution is 9.09. The molecule has 0 aliphatic rings. The van der Waals surface area contributed by atoms with Gasteiger partial charge in [0.25, 0.3) is 10.1 Å². The predicted molar refractivity (Wildman–Crippen MR) is 131 cm³/mol. The summed E-state index contributed by atoms with van der Waals surface area (Å²) in [6, 6.07) is 27.1. The molecule has 3 aromatic rings. The summed E-state index contributed by atoms with van der Waals surface area (Å²) in [6.07, 6.45) is 2.19. The highest BCUT2D eigenvalue weighted by Crippen LogP contribution is 2.38. The molecule has 170 valence electrons. The van der Waals surface area contributed by atoms with Crippen molar-refractivity contribution in [3.8, 4) is 0 Å². The molecule has 0 fully saturated rings. The van der Waals surface area contributed by atoms with E-state index >= 15 is 0 Å². The van der Waals surface area contributed by atoms with Crippen molar-refractivity contribution in [2.24, 2.45) is 0 Å². The fourth-order valence-corrected chi connectivity index (χ4v) is 5.04. The molecule has 0 saturated heterocycles. The Labute approximate surface area is 199 Å². The molecule has 0 radical (unpaired) electrons. The van der Waals surface area contributed by atoms with Crippen LogP contribution in [0.15, 0.2) is 89.8 Å². The molecular formula is C26H29BrO4S. The Morgan fingerprint density at radius 2 is 1.31 bits per heavy atom.